The van der Waals surface area contributed by atoms with Gasteiger partial charge in [-0.2, -0.15) is 4.31 Å². The van der Waals surface area contributed by atoms with Gasteiger partial charge in [0.15, 0.2) is 29.9 Å². The average molecular weight is 781 g/mol. The zero-order chi connectivity index (χ0) is 37.6. The Morgan fingerprint density at radius 2 is 1.80 bits per heavy atom. The Bertz CT molecular complexity index is 1500. The van der Waals surface area contributed by atoms with Crippen LogP contribution in [0.4, 0.5) is 14.6 Å². The van der Waals surface area contributed by atoms with E-state index in [1.807, 2.05) is 0 Å². The number of thiol groups is 1. The largest absolute Gasteiger partial charge is 0.482 e. The fraction of sp³-hybridized carbons (Fsp3) is 0.640. The highest BCUT2D eigenvalue weighted by Crippen LogP contribution is 2.66. The molecule has 1 aromatic heterocycles. The number of carbonyl (C=O) groups is 3. The molecule has 12 atom stereocenters. The predicted octanol–water partition coefficient (Wildman–Crippen LogP) is 0.986. The van der Waals surface area contributed by atoms with Gasteiger partial charge in [0.1, 0.15) is 49.2 Å². The summed E-state index contributed by atoms with van der Waals surface area (Å²) < 4.78 is 102. The summed E-state index contributed by atoms with van der Waals surface area (Å²) >= 11 is 3.67. The van der Waals surface area contributed by atoms with Crippen LogP contribution in [-0.4, -0.2) is 113 Å². The minimum atomic E-state index is -5.70. The monoisotopic (exact) mass is 780 g/mol. The smallest absolute Gasteiger partial charge is 0.463 e. The number of nitrogen functional groups attached to an aromatic ring is 1. The van der Waals surface area contributed by atoms with E-state index in [1.165, 1.54) is 7.05 Å². The molecule has 3 rings (SSSR count). The van der Waals surface area contributed by atoms with E-state index in [2.05, 4.69) is 43.2 Å². The van der Waals surface area contributed by atoms with Crippen LogP contribution in [-0.2, 0) is 60.6 Å². The number of ether oxygens (including phenoxy) is 6. The van der Waals surface area contributed by atoms with Crippen molar-refractivity contribution in [3.8, 4) is 5.75 Å². The van der Waals surface area contributed by atoms with Crippen molar-refractivity contribution < 1.29 is 84.1 Å². The molecule has 0 amide bonds. The van der Waals surface area contributed by atoms with Gasteiger partial charge in [0.2, 0.25) is 6.29 Å². The van der Waals surface area contributed by atoms with Gasteiger partial charge in [-0.15, -0.1) is 0 Å². The molecule has 8 unspecified atom stereocenters. The second kappa shape index (κ2) is 17.6. The maximum absolute atomic E-state index is 15.5. The molecule has 20 nitrogen and oxygen atoms in total. The first-order valence-electron chi connectivity index (χ1n) is 14.3. The van der Waals surface area contributed by atoms with Crippen LogP contribution >= 0.6 is 26.9 Å². The zero-order valence-corrected chi connectivity index (χ0v) is 29.4. The van der Waals surface area contributed by atoms with Gasteiger partial charge in [-0.3, -0.25) is 23.4 Å². The number of phosphoric acid groups is 1. The summed E-state index contributed by atoms with van der Waals surface area (Å²) in [6.45, 7) is -0.579. The number of esters is 3. The van der Waals surface area contributed by atoms with Crippen molar-refractivity contribution in [1.82, 2.24) is 15.3 Å². The molecule has 1 aromatic rings. The highest BCUT2D eigenvalue weighted by molar-refractivity contribution is 8.45. The molecule has 3 heterocycles. The van der Waals surface area contributed by atoms with Crippen LogP contribution in [0.3, 0.4) is 0 Å². The predicted molar refractivity (Wildman–Crippen MR) is 164 cm³/mol. The standard InChI is InChI=1S/C25H36F2N4O16P2S/c1-6-39-21-17(30-9-31-24(21)28)20-15(27)16(29-5)14(44-20)8-41-49(38,50)47-48(36,37)46-25-23(43-12(4)34)18(35)22(42-11(3)33)19(45-25)13(26)7-40-10(2)32/h6,9,13-16,18-20,22-23,25,29,35H,1,7-8H2,2-5H3,(H,36,37)(H,38,50)(H2,28,30,31)/t13-,14+,15+,16+,18?,19?,20?,22?,23?,25?,49?/m0/s1. The Labute approximate surface area is 288 Å². The van der Waals surface area contributed by atoms with Crippen LogP contribution in [0.2, 0.25) is 0 Å². The van der Waals surface area contributed by atoms with E-state index >= 15 is 8.78 Å². The molecule has 2 saturated heterocycles. The zero-order valence-electron chi connectivity index (χ0n) is 26.7. The SMILES string of the molecule is C=COc1c(N)ncnc1C1O[C@H](COP(=O)(S)OP(=O)(O)OC2OC([C@@H](F)COC(C)=O)C(OC(C)=O)C(O)C2OC(C)=O)[C@@H](NC)[C@H]1F. The van der Waals surface area contributed by atoms with Crippen molar-refractivity contribution in [3.63, 3.8) is 0 Å². The highest BCUT2D eigenvalue weighted by Gasteiger charge is 2.55. The van der Waals surface area contributed by atoms with E-state index in [0.717, 1.165) is 33.4 Å². The number of aliphatic hydroxyl groups is 1. The quantitative estimate of drug-likeness (QED) is 0.0514. The molecule has 25 heteroatoms. The number of hydrogen-bond donors (Lipinski definition) is 5. The van der Waals surface area contributed by atoms with E-state index < -0.39 is 107 Å². The number of nitrogens with zero attached hydrogens (tertiary/aromatic N) is 2. The summed E-state index contributed by atoms with van der Waals surface area (Å²) in [5.41, 5.74) is 5.71. The van der Waals surface area contributed by atoms with Gasteiger partial charge in [-0.05, 0) is 7.05 Å². The number of anilines is 1. The summed E-state index contributed by atoms with van der Waals surface area (Å²) in [4.78, 5) is 52.9. The van der Waals surface area contributed by atoms with Gasteiger partial charge in [0, 0.05) is 20.8 Å². The second-order valence-electron chi connectivity index (χ2n) is 10.5. The van der Waals surface area contributed by atoms with Crippen molar-refractivity contribution in [2.24, 2.45) is 0 Å². The Morgan fingerprint density at radius 1 is 1.16 bits per heavy atom. The topological polar surface area (TPSA) is 273 Å². The number of alkyl halides is 2. The molecule has 282 valence electrons. The van der Waals surface area contributed by atoms with E-state index in [4.69, 9.17) is 38.5 Å². The minimum absolute atomic E-state index is 0.0964. The molecule has 0 saturated carbocycles. The molecule has 50 heavy (non-hydrogen) atoms. The third kappa shape index (κ3) is 10.8. The number of hydrogen-bond acceptors (Lipinski definition) is 19. The lowest BCUT2D eigenvalue weighted by Crippen LogP contribution is -2.63. The van der Waals surface area contributed by atoms with Crippen LogP contribution in [0.25, 0.3) is 0 Å². The van der Waals surface area contributed by atoms with Crippen LogP contribution in [0.1, 0.15) is 32.6 Å². The summed E-state index contributed by atoms with van der Waals surface area (Å²) in [5, 5.41) is 13.6. The average Bonchev–Trinajstić information content (AvgIpc) is 3.32. The lowest BCUT2D eigenvalue weighted by Gasteiger charge is -2.43. The summed E-state index contributed by atoms with van der Waals surface area (Å²) in [6.07, 6.45) is -15.4. The van der Waals surface area contributed by atoms with Gasteiger partial charge in [0.25, 0.3) is 0 Å². The molecule has 0 bridgehead atoms. The normalized spacial score (nSPS) is 31.0. The number of nitrogens with two attached hydrogens (primary N) is 1. The number of nitrogens with one attached hydrogen (secondary N) is 1. The Morgan fingerprint density at radius 3 is 2.38 bits per heavy atom. The number of carbonyl (C=O) groups excluding carboxylic acids is 3. The van der Waals surface area contributed by atoms with E-state index in [9.17, 15) is 33.5 Å². The Balaban J connectivity index is 1.78. The molecule has 2 aliphatic rings. The van der Waals surface area contributed by atoms with Gasteiger partial charge in [-0.1, -0.05) is 18.8 Å². The summed E-state index contributed by atoms with van der Waals surface area (Å²) in [5.74, 6) is -3.35. The third-order valence-corrected chi connectivity index (χ3v) is 10.4. The van der Waals surface area contributed by atoms with Crippen LogP contribution in [0, 0.1) is 0 Å². The molecule has 0 aliphatic carbocycles. The van der Waals surface area contributed by atoms with Gasteiger partial charge < -0.3 is 49.5 Å². The van der Waals surface area contributed by atoms with Crippen molar-refractivity contribution in [1.29, 1.82) is 0 Å². The Hall–Kier alpha value is -2.82. The first kappa shape index (κ1) is 41.6. The van der Waals surface area contributed by atoms with E-state index in [1.54, 1.807) is 0 Å². The molecular weight excluding hydrogens is 744 g/mol. The fourth-order valence-corrected chi connectivity index (χ4v) is 8.07. The van der Waals surface area contributed by atoms with Crippen molar-refractivity contribution in [2.45, 2.75) is 82.1 Å². The van der Waals surface area contributed by atoms with Crippen LogP contribution in [0.15, 0.2) is 19.2 Å². The van der Waals surface area contributed by atoms with Crippen molar-refractivity contribution in [3.05, 3.63) is 24.9 Å². The molecule has 2 aliphatic heterocycles. The van der Waals surface area contributed by atoms with Crippen LogP contribution < -0.4 is 15.8 Å². The van der Waals surface area contributed by atoms with E-state index in [-0.39, 0.29) is 17.3 Å². The van der Waals surface area contributed by atoms with Crippen LogP contribution in [0.5, 0.6) is 5.75 Å². The fourth-order valence-electron chi connectivity index (χ4n) is 4.89. The van der Waals surface area contributed by atoms with Gasteiger partial charge in [-0.25, -0.2) is 27.9 Å². The molecule has 5 N–H and O–H groups in total. The number of rotatable bonds is 16. The number of halogens is 2. The Kier molecular flexibility index (Phi) is 14.6. The second-order valence-corrected chi connectivity index (χ2v) is 14.9. The van der Waals surface area contributed by atoms with Crippen molar-refractivity contribution in [2.75, 3.05) is 26.0 Å². The number of likely N-dealkylation sites (N-methyl/N-ethyl adjacent to an activating group) is 1. The minimum Gasteiger partial charge on any atom is -0.463 e. The summed E-state index contributed by atoms with van der Waals surface area (Å²) in [7, 11) is -4.32. The molecule has 2 fully saturated rings. The molecule has 0 spiro atoms. The molecule has 0 radical (unpaired) electrons. The maximum Gasteiger partial charge on any atom is 0.482 e. The number of aromatic nitrogens is 2. The number of phosphoric ester groups is 1. The first-order valence-corrected chi connectivity index (χ1v) is 18.5. The van der Waals surface area contributed by atoms with E-state index in [0.29, 0.717) is 0 Å². The summed E-state index contributed by atoms with van der Waals surface area (Å²) in [6, 6.07) is -1.15. The maximum atomic E-state index is 15.5. The third-order valence-electron chi connectivity index (χ3n) is 6.83. The van der Waals surface area contributed by atoms with Crippen molar-refractivity contribution >= 4 is 50.6 Å². The lowest BCUT2D eigenvalue weighted by molar-refractivity contribution is -0.293. The van der Waals surface area contributed by atoms with Gasteiger partial charge >= 0.3 is 32.5 Å². The van der Waals surface area contributed by atoms with Gasteiger partial charge in [0.05, 0.1) is 18.9 Å². The highest BCUT2D eigenvalue weighted by atomic mass is 32.7. The lowest BCUT2D eigenvalue weighted by atomic mass is 9.95. The molecule has 0 aromatic carbocycles. The number of aliphatic hydroxyl groups excluding tert-OH is 1. The first-order chi connectivity index (χ1) is 23.3. The molecular formula is C25H36F2N4O16P2S.